The number of nitrogens with zero attached hydrogens (tertiary/aromatic N) is 2. The summed E-state index contributed by atoms with van der Waals surface area (Å²) in [6.07, 6.45) is 3.70. The first kappa shape index (κ1) is 13.7. The van der Waals surface area contributed by atoms with E-state index in [4.69, 9.17) is 4.74 Å². The molecule has 0 saturated carbocycles. The van der Waals surface area contributed by atoms with Gasteiger partial charge in [0.25, 0.3) is 5.56 Å². The zero-order valence-electron chi connectivity index (χ0n) is 10.5. The summed E-state index contributed by atoms with van der Waals surface area (Å²) >= 11 is 3.27. The fourth-order valence-corrected chi connectivity index (χ4v) is 2.33. The van der Waals surface area contributed by atoms with Gasteiger partial charge in [0.2, 0.25) is 0 Å². The smallest absolute Gasteiger partial charge is 0.267 e. The summed E-state index contributed by atoms with van der Waals surface area (Å²) in [5.74, 6) is 0. The van der Waals surface area contributed by atoms with Crippen molar-refractivity contribution in [3.05, 3.63) is 26.8 Å². The molecule has 1 aromatic heterocycles. The van der Waals surface area contributed by atoms with E-state index in [0.717, 1.165) is 38.3 Å². The maximum atomic E-state index is 11.9. The van der Waals surface area contributed by atoms with Gasteiger partial charge in [-0.05, 0) is 35.7 Å². The summed E-state index contributed by atoms with van der Waals surface area (Å²) in [6, 6.07) is 0.510. The molecule has 0 spiro atoms. The van der Waals surface area contributed by atoms with Gasteiger partial charge in [0, 0.05) is 32.3 Å². The molecule has 2 rings (SSSR count). The third-order valence-corrected chi connectivity index (χ3v) is 4.08. The van der Waals surface area contributed by atoms with E-state index in [0.29, 0.717) is 17.1 Å². The summed E-state index contributed by atoms with van der Waals surface area (Å²) in [6.45, 7) is 4.89. The van der Waals surface area contributed by atoms with Crippen molar-refractivity contribution >= 4 is 15.9 Å². The molecular weight excluding hydrogens is 298 g/mol. The van der Waals surface area contributed by atoms with Crippen molar-refractivity contribution in [2.75, 3.05) is 19.8 Å². The van der Waals surface area contributed by atoms with Crippen molar-refractivity contribution in [2.24, 2.45) is 0 Å². The SMILES string of the molecule is Cc1ncn(CCNC2CCOCC2)c(=O)c1Br. The monoisotopic (exact) mass is 315 g/mol. The normalized spacial score (nSPS) is 17.0. The highest BCUT2D eigenvalue weighted by Gasteiger charge is 2.12. The Labute approximate surface area is 115 Å². The third-order valence-electron chi connectivity index (χ3n) is 3.16. The molecule has 1 N–H and O–H groups in total. The zero-order chi connectivity index (χ0) is 13.0. The second-order valence-corrected chi connectivity index (χ2v) is 5.28. The highest BCUT2D eigenvalue weighted by atomic mass is 79.9. The van der Waals surface area contributed by atoms with Crippen LogP contribution in [-0.2, 0) is 11.3 Å². The summed E-state index contributed by atoms with van der Waals surface area (Å²) in [5, 5.41) is 3.45. The van der Waals surface area contributed by atoms with Crippen LogP contribution in [0.2, 0.25) is 0 Å². The topological polar surface area (TPSA) is 56.1 Å². The largest absolute Gasteiger partial charge is 0.381 e. The zero-order valence-corrected chi connectivity index (χ0v) is 12.1. The van der Waals surface area contributed by atoms with Crippen LogP contribution >= 0.6 is 15.9 Å². The van der Waals surface area contributed by atoms with Crippen LogP contribution in [-0.4, -0.2) is 35.4 Å². The van der Waals surface area contributed by atoms with Crippen molar-refractivity contribution in [3.63, 3.8) is 0 Å². The van der Waals surface area contributed by atoms with Gasteiger partial charge in [0.15, 0.2) is 0 Å². The van der Waals surface area contributed by atoms with Gasteiger partial charge in [-0.2, -0.15) is 0 Å². The molecule has 0 bridgehead atoms. The van der Waals surface area contributed by atoms with Crippen molar-refractivity contribution in [2.45, 2.75) is 32.4 Å². The molecule has 1 aliphatic heterocycles. The second kappa shape index (κ2) is 6.45. The fraction of sp³-hybridized carbons (Fsp3) is 0.667. The van der Waals surface area contributed by atoms with Crippen LogP contribution in [0, 0.1) is 6.92 Å². The number of hydrogen-bond acceptors (Lipinski definition) is 4. The van der Waals surface area contributed by atoms with Gasteiger partial charge < -0.3 is 10.1 Å². The van der Waals surface area contributed by atoms with Crippen LogP contribution in [0.4, 0.5) is 0 Å². The minimum absolute atomic E-state index is 0.0173. The van der Waals surface area contributed by atoms with Gasteiger partial charge in [-0.25, -0.2) is 4.98 Å². The predicted molar refractivity (Wildman–Crippen MR) is 72.8 cm³/mol. The number of hydrogen-bond donors (Lipinski definition) is 1. The lowest BCUT2D eigenvalue weighted by atomic mass is 10.1. The minimum Gasteiger partial charge on any atom is -0.381 e. The van der Waals surface area contributed by atoms with E-state index in [1.807, 2.05) is 6.92 Å². The summed E-state index contributed by atoms with van der Waals surface area (Å²) in [7, 11) is 0. The minimum atomic E-state index is -0.0173. The Hall–Kier alpha value is -0.720. The molecule has 1 aromatic rings. The number of halogens is 1. The molecule has 0 radical (unpaired) electrons. The Morgan fingerprint density at radius 1 is 1.56 bits per heavy atom. The van der Waals surface area contributed by atoms with Gasteiger partial charge in [0.1, 0.15) is 4.47 Å². The lowest BCUT2D eigenvalue weighted by Crippen LogP contribution is -2.37. The first-order valence-electron chi connectivity index (χ1n) is 6.21. The maximum Gasteiger partial charge on any atom is 0.267 e. The average molecular weight is 316 g/mol. The molecule has 1 aliphatic rings. The van der Waals surface area contributed by atoms with Crippen LogP contribution in [0.3, 0.4) is 0 Å². The second-order valence-electron chi connectivity index (χ2n) is 4.48. The van der Waals surface area contributed by atoms with Crippen molar-refractivity contribution in [1.82, 2.24) is 14.9 Å². The van der Waals surface area contributed by atoms with Crippen LogP contribution in [0.5, 0.6) is 0 Å². The molecule has 0 aliphatic carbocycles. The Kier molecular flexibility index (Phi) is 4.91. The standard InChI is InChI=1S/C12H18BrN3O2/c1-9-11(13)12(17)16(8-15-9)5-4-14-10-2-6-18-7-3-10/h8,10,14H,2-7H2,1H3. The van der Waals surface area contributed by atoms with E-state index >= 15 is 0 Å². The average Bonchev–Trinajstić information content (AvgIpc) is 2.40. The van der Waals surface area contributed by atoms with E-state index in [1.54, 1.807) is 10.9 Å². The first-order valence-corrected chi connectivity index (χ1v) is 7.00. The number of ether oxygens (including phenoxy) is 1. The molecule has 0 aromatic carbocycles. The number of nitrogens with one attached hydrogen (secondary N) is 1. The molecule has 2 heterocycles. The highest BCUT2D eigenvalue weighted by molar-refractivity contribution is 9.10. The molecule has 0 atom stereocenters. The van der Waals surface area contributed by atoms with Gasteiger partial charge >= 0.3 is 0 Å². The van der Waals surface area contributed by atoms with E-state index in [2.05, 4.69) is 26.2 Å². The summed E-state index contributed by atoms with van der Waals surface area (Å²) in [4.78, 5) is 16.1. The summed E-state index contributed by atoms with van der Waals surface area (Å²) in [5.41, 5.74) is 0.713. The molecule has 0 amide bonds. The highest BCUT2D eigenvalue weighted by Crippen LogP contribution is 2.07. The molecule has 1 fully saturated rings. The molecule has 0 unspecified atom stereocenters. The Bertz CT molecular complexity index is 455. The van der Waals surface area contributed by atoms with Crippen LogP contribution in [0.25, 0.3) is 0 Å². The molecular formula is C12H18BrN3O2. The van der Waals surface area contributed by atoms with Crippen LogP contribution in [0.15, 0.2) is 15.6 Å². The Balaban J connectivity index is 1.86. The van der Waals surface area contributed by atoms with Crippen LogP contribution in [0.1, 0.15) is 18.5 Å². The van der Waals surface area contributed by atoms with E-state index in [1.165, 1.54) is 0 Å². The van der Waals surface area contributed by atoms with E-state index < -0.39 is 0 Å². The molecule has 18 heavy (non-hydrogen) atoms. The van der Waals surface area contributed by atoms with Crippen molar-refractivity contribution in [1.29, 1.82) is 0 Å². The third kappa shape index (κ3) is 3.40. The van der Waals surface area contributed by atoms with Gasteiger partial charge in [-0.3, -0.25) is 9.36 Å². The van der Waals surface area contributed by atoms with Crippen LogP contribution < -0.4 is 10.9 Å². The lowest BCUT2D eigenvalue weighted by Gasteiger charge is -2.23. The van der Waals surface area contributed by atoms with Gasteiger partial charge in [-0.15, -0.1) is 0 Å². The predicted octanol–water partition coefficient (Wildman–Crippen LogP) is 1.08. The fourth-order valence-electron chi connectivity index (χ4n) is 2.00. The Morgan fingerprint density at radius 3 is 3.00 bits per heavy atom. The molecule has 100 valence electrons. The number of aryl methyl sites for hydroxylation is 1. The molecule has 6 heteroatoms. The number of rotatable bonds is 4. The van der Waals surface area contributed by atoms with E-state index in [-0.39, 0.29) is 5.56 Å². The first-order chi connectivity index (χ1) is 8.68. The molecule has 5 nitrogen and oxygen atoms in total. The van der Waals surface area contributed by atoms with Gasteiger partial charge in [-0.1, -0.05) is 0 Å². The van der Waals surface area contributed by atoms with E-state index in [9.17, 15) is 4.79 Å². The van der Waals surface area contributed by atoms with Gasteiger partial charge in [0.05, 0.1) is 12.0 Å². The maximum absolute atomic E-state index is 11.9. The van der Waals surface area contributed by atoms with Crippen molar-refractivity contribution < 1.29 is 4.74 Å². The summed E-state index contributed by atoms with van der Waals surface area (Å²) < 4.78 is 7.48. The lowest BCUT2D eigenvalue weighted by molar-refractivity contribution is 0.0778. The molecule has 1 saturated heterocycles. The quantitative estimate of drug-likeness (QED) is 0.903. The number of aromatic nitrogens is 2. The Morgan fingerprint density at radius 2 is 2.28 bits per heavy atom. The van der Waals surface area contributed by atoms with Crippen molar-refractivity contribution in [3.8, 4) is 0 Å².